The second-order valence-electron chi connectivity index (χ2n) is 5.54. The van der Waals surface area contributed by atoms with Crippen LogP contribution in [-0.2, 0) is 14.3 Å². The summed E-state index contributed by atoms with van der Waals surface area (Å²) in [6.45, 7) is 8.69. The van der Waals surface area contributed by atoms with Crippen LogP contribution in [0.4, 0.5) is 0 Å². The van der Waals surface area contributed by atoms with Crippen molar-refractivity contribution in [3.63, 3.8) is 0 Å². The molecule has 0 aromatic rings. The number of likely N-dealkylation sites (N-methyl/N-ethyl adjacent to an activating group) is 1. The second kappa shape index (κ2) is 10.1. The molecule has 20 heavy (non-hydrogen) atoms. The van der Waals surface area contributed by atoms with Crippen LogP contribution in [0.3, 0.4) is 0 Å². The monoisotopic (exact) mass is 286 g/mol. The molecule has 0 aromatic carbocycles. The number of hydrogen-bond acceptors (Lipinski definition) is 5. The van der Waals surface area contributed by atoms with Gasteiger partial charge < -0.3 is 19.7 Å². The van der Waals surface area contributed by atoms with Crippen molar-refractivity contribution in [3.8, 4) is 0 Å². The SMILES string of the molecule is CCCNC(CN(C)CC1CCOCC1)C(=O)OCC. The fraction of sp³-hybridized carbons (Fsp3) is 0.933. The Labute approximate surface area is 123 Å². The highest BCUT2D eigenvalue weighted by atomic mass is 16.5. The van der Waals surface area contributed by atoms with E-state index in [4.69, 9.17) is 9.47 Å². The highest BCUT2D eigenvalue weighted by Crippen LogP contribution is 2.15. The van der Waals surface area contributed by atoms with Crippen LogP contribution >= 0.6 is 0 Å². The van der Waals surface area contributed by atoms with Gasteiger partial charge in [-0.05, 0) is 45.7 Å². The molecule has 1 saturated heterocycles. The fourth-order valence-electron chi connectivity index (χ4n) is 2.54. The summed E-state index contributed by atoms with van der Waals surface area (Å²) >= 11 is 0. The number of nitrogens with one attached hydrogen (secondary N) is 1. The minimum Gasteiger partial charge on any atom is -0.465 e. The van der Waals surface area contributed by atoms with Crippen LogP contribution in [0.1, 0.15) is 33.1 Å². The predicted molar refractivity (Wildman–Crippen MR) is 79.8 cm³/mol. The molecule has 1 aliphatic rings. The third-order valence-corrected chi connectivity index (χ3v) is 3.62. The Hall–Kier alpha value is -0.650. The van der Waals surface area contributed by atoms with Crippen LogP contribution in [0.5, 0.6) is 0 Å². The average molecular weight is 286 g/mol. The van der Waals surface area contributed by atoms with E-state index in [1.54, 1.807) is 0 Å². The zero-order chi connectivity index (χ0) is 14.8. The van der Waals surface area contributed by atoms with Gasteiger partial charge in [0.15, 0.2) is 0 Å². The summed E-state index contributed by atoms with van der Waals surface area (Å²) in [5.74, 6) is 0.544. The molecular formula is C15H30N2O3. The van der Waals surface area contributed by atoms with Gasteiger partial charge >= 0.3 is 5.97 Å². The quantitative estimate of drug-likeness (QED) is 0.647. The molecule has 5 nitrogen and oxygen atoms in total. The van der Waals surface area contributed by atoms with Gasteiger partial charge in [0.05, 0.1) is 6.61 Å². The molecule has 0 spiro atoms. The molecule has 5 heteroatoms. The topological polar surface area (TPSA) is 50.8 Å². The highest BCUT2D eigenvalue weighted by molar-refractivity contribution is 5.76. The number of nitrogens with zero attached hydrogens (tertiary/aromatic N) is 1. The Bertz CT molecular complexity index is 268. The van der Waals surface area contributed by atoms with Gasteiger partial charge in [-0.2, -0.15) is 0 Å². The highest BCUT2D eigenvalue weighted by Gasteiger charge is 2.23. The normalized spacial score (nSPS) is 18.2. The van der Waals surface area contributed by atoms with Crippen LogP contribution in [0.2, 0.25) is 0 Å². The summed E-state index contributed by atoms with van der Waals surface area (Å²) < 4.78 is 10.5. The van der Waals surface area contributed by atoms with Crippen LogP contribution in [0, 0.1) is 5.92 Å². The van der Waals surface area contributed by atoms with Gasteiger partial charge in [-0.3, -0.25) is 4.79 Å². The van der Waals surface area contributed by atoms with Crippen molar-refractivity contribution in [1.29, 1.82) is 0 Å². The van der Waals surface area contributed by atoms with Crippen LogP contribution in [0.25, 0.3) is 0 Å². The first-order chi connectivity index (χ1) is 9.67. The maximum Gasteiger partial charge on any atom is 0.324 e. The van der Waals surface area contributed by atoms with E-state index in [1.165, 1.54) is 0 Å². The van der Waals surface area contributed by atoms with E-state index in [0.717, 1.165) is 45.6 Å². The van der Waals surface area contributed by atoms with Gasteiger partial charge in [0, 0.05) is 26.3 Å². The van der Waals surface area contributed by atoms with Gasteiger partial charge in [-0.15, -0.1) is 0 Å². The Balaban J connectivity index is 2.38. The van der Waals surface area contributed by atoms with Crippen LogP contribution in [0.15, 0.2) is 0 Å². The molecule has 0 saturated carbocycles. The van der Waals surface area contributed by atoms with Gasteiger partial charge in [-0.25, -0.2) is 0 Å². The molecule has 1 rings (SSSR count). The maximum absolute atomic E-state index is 11.9. The van der Waals surface area contributed by atoms with E-state index in [-0.39, 0.29) is 12.0 Å². The van der Waals surface area contributed by atoms with Gasteiger partial charge in [0.25, 0.3) is 0 Å². The van der Waals surface area contributed by atoms with E-state index < -0.39 is 0 Å². The standard InChI is InChI=1S/C15H30N2O3/c1-4-8-16-14(15(18)20-5-2)12-17(3)11-13-6-9-19-10-7-13/h13-14,16H,4-12H2,1-3H3. The van der Waals surface area contributed by atoms with Crippen molar-refractivity contribution in [2.24, 2.45) is 5.92 Å². The van der Waals surface area contributed by atoms with E-state index >= 15 is 0 Å². The summed E-state index contributed by atoms with van der Waals surface area (Å²) in [7, 11) is 2.08. The maximum atomic E-state index is 11.9. The molecular weight excluding hydrogens is 256 g/mol. The number of hydrogen-bond donors (Lipinski definition) is 1. The second-order valence-corrected chi connectivity index (χ2v) is 5.54. The third kappa shape index (κ3) is 6.68. The first-order valence-electron chi connectivity index (χ1n) is 7.83. The lowest BCUT2D eigenvalue weighted by Crippen LogP contribution is -2.47. The number of carbonyl (C=O) groups excluding carboxylic acids is 1. The molecule has 0 radical (unpaired) electrons. The van der Waals surface area contributed by atoms with E-state index in [0.29, 0.717) is 19.1 Å². The first-order valence-corrected chi connectivity index (χ1v) is 7.83. The number of ether oxygens (including phenoxy) is 2. The summed E-state index contributed by atoms with van der Waals surface area (Å²) in [4.78, 5) is 14.2. The number of esters is 1. The third-order valence-electron chi connectivity index (χ3n) is 3.62. The predicted octanol–water partition coefficient (Wildman–Crippen LogP) is 1.28. The van der Waals surface area contributed by atoms with Gasteiger partial charge in [0.1, 0.15) is 6.04 Å². The smallest absolute Gasteiger partial charge is 0.324 e. The van der Waals surface area contributed by atoms with E-state index in [1.807, 2.05) is 6.92 Å². The molecule has 1 atom stereocenters. The Morgan fingerprint density at radius 1 is 1.40 bits per heavy atom. The lowest BCUT2D eigenvalue weighted by Gasteiger charge is -2.29. The van der Waals surface area contributed by atoms with E-state index in [9.17, 15) is 4.79 Å². The molecule has 1 fully saturated rings. The van der Waals surface area contributed by atoms with Crippen molar-refractivity contribution in [1.82, 2.24) is 10.2 Å². The Kier molecular flexibility index (Phi) is 8.82. The average Bonchev–Trinajstić information content (AvgIpc) is 2.44. The summed E-state index contributed by atoms with van der Waals surface area (Å²) in [5, 5.41) is 3.28. The molecule has 1 unspecified atom stereocenters. The lowest BCUT2D eigenvalue weighted by molar-refractivity contribution is -0.146. The van der Waals surface area contributed by atoms with Crippen molar-refractivity contribution < 1.29 is 14.3 Å². The fourth-order valence-corrected chi connectivity index (χ4v) is 2.54. The minimum atomic E-state index is -0.222. The van der Waals surface area contributed by atoms with Crippen molar-refractivity contribution >= 4 is 5.97 Å². The number of carbonyl (C=O) groups is 1. The molecule has 118 valence electrons. The molecule has 0 amide bonds. The molecule has 0 aliphatic carbocycles. The lowest BCUT2D eigenvalue weighted by atomic mass is 10.00. The Morgan fingerprint density at radius 3 is 2.70 bits per heavy atom. The van der Waals surface area contributed by atoms with Crippen molar-refractivity contribution in [2.75, 3.05) is 46.5 Å². The van der Waals surface area contributed by atoms with Gasteiger partial charge in [-0.1, -0.05) is 6.92 Å². The zero-order valence-electron chi connectivity index (χ0n) is 13.2. The summed E-state index contributed by atoms with van der Waals surface area (Å²) in [5.41, 5.74) is 0. The van der Waals surface area contributed by atoms with Crippen LogP contribution < -0.4 is 5.32 Å². The van der Waals surface area contributed by atoms with Crippen molar-refractivity contribution in [2.45, 2.75) is 39.2 Å². The summed E-state index contributed by atoms with van der Waals surface area (Å²) in [6, 6.07) is -0.222. The Morgan fingerprint density at radius 2 is 2.10 bits per heavy atom. The molecule has 1 aliphatic heterocycles. The van der Waals surface area contributed by atoms with Crippen LogP contribution in [-0.4, -0.2) is 63.4 Å². The zero-order valence-corrected chi connectivity index (χ0v) is 13.2. The largest absolute Gasteiger partial charge is 0.465 e. The van der Waals surface area contributed by atoms with E-state index in [2.05, 4.69) is 24.2 Å². The molecule has 0 bridgehead atoms. The number of rotatable bonds is 9. The molecule has 0 aromatic heterocycles. The molecule has 1 N–H and O–H groups in total. The van der Waals surface area contributed by atoms with Gasteiger partial charge in [0.2, 0.25) is 0 Å². The first kappa shape index (κ1) is 17.4. The summed E-state index contributed by atoms with van der Waals surface area (Å²) in [6.07, 6.45) is 3.26. The molecule has 1 heterocycles. The minimum absolute atomic E-state index is 0.139. The van der Waals surface area contributed by atoms with Crippen molar-refractivity contribution in [3.05, 3.63) is 0 Å².